The normalized spacial score (nSPS) is 16.9. The van der Waals surface area contributed by atoms with E-state index in [1.807, 2.05) is 26.0 Å². The fourth-order valence-electron chi connectivity index (χ4n) is 8.09. The summed E-state index contributed by atoms with van der Waals surface area (Å²) in [4.78, 5) is 13.9. The van der Waals surface area contributed by atoms with E-state index in [1.54, 1.807) is 0 Å². The third-order valence-electron chi connectivity index (χ3n) is 11.8. The molecule has 59 heavy (non-hydrogen) atoms. The van der Waals surface area contributed by atoms with E-state index in [0.29, 0.717) is 34.1 Å². The molecule has 2 aliphatic rings. The van der Waals surface area contributed by atoms with Crippen LogP contribution >= 0.6 is 7.82 Å². The average molecular weight is 821 g/mol. The molecule has 6 nitrogen and oxygen atoms in total. The van der Waals surface area contributed by atoms with Crippen LogP contribution in [0.1, 0.15) is 186 Å². The Kier molecular flexibility index (Phi) is 10.6. The summed E-state index contributed by atoms with van der Waals surface area (Å²) in [6.45, 7) is 43.0. The van der Waals surface area contributed by atoms with Crippen molar-refractivity contribution < 1.29 is 27.7 Å². The summed E-state index contributed by atoms with van der Waals surface area (Å²) in [5.41, 5.74) is 9.52. The number of benzene rings is 4. The molecule has 0 bridgehead atoms. The van der Waals surface area contributed by atoms with Gasteiger partial charge in [0.1, 0.15) is 28.9 Å². The van der Waals surface area contributed by atoms with Crippen molar-refractivity contribution in [2.45, 2.75) is 177 Å². The van der Waals surface area contributed by atoms with Gasteiger partial charge in [-0.2, -0.15) is 4.57 Å². The zero-order chi connectivity index (χ0) is 44.4. The summed E-state index contributed by atoms with van der Waals surface area (Å²) in [6.07, 6.45) is 0. The highest BCUT2D eigenvalue weighted by Crippen LogP contribution is 2.62. The third-order valence-corrected chi connectivity index (χ3v) is 13.0. The van der Waals surface area contributed by atoms with Gasteiger partial charge in [0.2, 0.25) is 0 Å². The van der Waals surface area contributed by atoms with Gasteiger partial charge in [0.25, 0.3) is 0 Å². The molecule has 0 amide bonds. The minimum atomic E-state index is -4.45. The van der Waals surface area contributed by atoms with E-state index >= 15 is 4.57 Å². The van der Waals surface area contributed by atoms with Gasteiger partial charge in [0.05, 0.1) is 0 Å². The molecule has 6 rings (SSSR count). The van der Waals surface area contributed by atoms with Gasteiger partial charge in [0.15, 0.2) is 0 Å². The maximum absolute atomic E-state index is 15.7. The van der Waals surface area contributed by atoms with Gasteiger partial charge < -0.3 is 18.3 Å². The van der Waals surface area contributed by atoms with Gasteiger partial charge in [-0.1, -0.05) is 161 Å². The number of fused-ring (bicyclic) bond motifs is 4. The number of carbonyl (C=O) groups is 1. The first-order valence-corrected chi connectivity index (χ1v) is 22.7. The fourth-order valence-corrected chi connectivity index (χ4v) is 9.56. The number of rotatable bonds is 3. The molecule has 0 aliphatic carbocycles. The molecule has 7 heteroatoms. The number of carbonyl (C=O) groups excluding carboxylic acids is 1. The van der Waals surface area contributed by atoms with Crippen molar-refractivity contribution in [2.24, 2.45) is 0 Å². The molecule has 0 N–H and O–H groups in total. The Hall–Kier alpha value is -4.02. The van der Waals surface area contributed by atoms with Crippen molar-refractivity contribution in [1.29, 1.82) is 0 Å². The van der Waals surface area contributed by atoms with Gasteiger partial charge in [-0.05, 0) is 91.9 Å². The maximum atomic E-state index is 15.7. The summed E-state index contributed by atoms with van der Waals surface area (Å²) >= 11 is 0. The zero-order valence-corrected chi connectivity index (χ0v) is 40.5. The quantitative estimate of drug-likeness (QED) is 0.116. The summed E-state index contributed by atoms with van der Waals surface area (Å²) < 4.78 is 42.0. The van der Waals surface area contributed by atoms with Gasteiger partial charge in [-0.3, -0.25) is 4.79 Å². The van der Waals surface area contributed by atoms with E-state index in [0.717, 1.165) is 55.6 Å². The third kappa shape index (κ3) is 8.50. The lowest BCUT2D eigenvalue weighted by molar-refractivity contribution is -0.133. The first-order chi connectivity index (χ1) is 26.6. The molecule has 318 valence electrons. The Labute approximate surface area is 355 Å². The van der Waals surface area contributed by atoms with E-state index < -0.39 is 13.7 Å². The average Bonchev–Trinajstić information content (AvgIpc) is 3.31. The number of phosphoric ester groups is 1. The van der Waals surface area contributed by atoms with Crippen LogP contribution in [0, 0.1) is 13.8 Å². The maximum Gasteiger partial charge on any atom is 0.647 e. The topological polar surface area (TPSA) is 71.1 Å². The van der Waals surface area contributed by atoms with Crippen LogP contribution in [0.5, 0.6) is 23.0 Å². The van der Waals surface area contributed by atoms with Crippen LogP contribution in [0.4, 0.5) is 0 Å². The van der Waals surface area contributed by atoms with Gasteiger partial charge in [-0.15, -0.1) is 0 Å². The predicted octanol–water partition coefficient (Wildman–Crippen LogP) is 14.8. The molecule has 1 unspecified atom stereocenters. The van der Waals surface area contributed by atoms with Gasteiger partial charge >= 0.3 is 13.8 Å². The second-order valence-electron chi connectivity index (χ2n) is 23.3. The Morgan fingerprint density at radius 1 is 0.492 bits per heavy atom. The molecule has 2 aliphatic heterocycles. The molecule has 0 saturated carbocycles. The van der Waals surface area contributed by atoms with Crippen LogP contribution in [0.25, 0.3) is 11.1 Å². The Morgan fingerprint density at radius 2 is 0.847 bits per heavy atom. The van der Waals surface area contributed by atoms with Crippen molar-refractivity contribution in [3.63, 3.8) is 0 Å². The van der Waals surface area contributed by atoms with Crippen LogP contribution in [0.3, 0.4) is 0 Å². The Bertz CT molecular complexity index is 2300. The van der Waals surface area contributed by atoms with Gasteiger partial charge in [0, 0.05) is 33.4 Å². The largest absolute Gasteiger partial charge is 0.647 e. The fraction of sp³-hybridized carbons (Fsp3) is 0.519. The molecule has 4 aromatic carbocycles. The lowest BCUT2D eigenvalue weighted by Gasteiger charge is -2.30. The van der Waals surface area contributed by atoms with Crippen molar-refractivity contribution in [2.75, 3.05) is 0 Å². The van der Waals surface area contributed by atoms with E-state index in [4.69, 9.17) is 18.3 Å². The molecule has 0 radical (unpaired) electrons. The van der Waals surface area contributed by atoms with Crippen molar-refractivity contribution in [3.8, 4) is 34.1 Å². The van der Waals surface area contributed by atoms with Crippen molar-refractivity contribution in [1.82, 2.24) is 0 Å². The zero-order valence-electron chi connectivity index (χ0n) is 39.6. The number of aryl methyl sites for hydroxylation is 2. The molecular formula is C52H69O6P. The smallest absolute Gasteiger partial charge is 0.425 e. The number of ether oxygens (including phenoxy) is 1. The number of hydrogen-bond donors (Lipinski definition) is 0. The highest BCUT2D eigenvalue weighted by molar-refractivity contribution is 7.49. The standard InChI is InChI=1S/C52H69O6P/c1-29-21-31(41-37-25-34(49(9,10)11)26-38(50(12,13)14)43(37)55-46(41)53)22-30(2)42(29)56-59(54)57-44-35(23-32(47(3,4)5)27-39(44)51(15,16)17)36-24-33(48(6,7)8)28-40(45(36)58-59)52(18,19)20/h21-28,41H,1-20H3. The number of phosphoric acid groups is 1. The second kappa shape index (κ2) is 14.0. The number of hydrogen-bond acceptors (Lipinski definition) is 6. The van der Waals surface area contributed by atoms with Crippen LogP contribution in [0.2, 0.25) is 0 Å². The first kappa shape index (κ1) is 44.5. The molecule has 0 spiro atoms. The highest BCUT2D eigenvalue weighted by Gasteiger charge is 2.45. The lowest BCUT2D eigenvalue weighted by atomic mass is 9.75. The summed E-state index contributed by atoms with van der Waals surface area (Å²) in [5, 5.41) is 0. The van der Waals surface area contributed by atoms with Crippen LogP contribution < -0.4 is 18.3 Å². The monoisotopic (exact) mass is 820 g/mol. The lowest BCUT2D eigenvalue weighted by Crippen LogP contribution is -2.19. The highest BCUT2D eigenvalue weighted by atomic mass is 31.2. The van der Waals surface area contributed by atoms with E-state index in [2.05, 4.69) is 161 Å². The molecule has 0 saturated heterocycles. The van der Waals surface area contributed by atoms with E-state index in [9.17, 15) is 4.79 Å². The van der Waals surface area contributed by atoms with Crippen molar-refractivity contribution >= 4 is 13.8 Å². The predicted molar refractivity (Wildman–Crippen MR) is 243 cm³/mol. The molecule has 4 aromatic rings. The Morgan fingerprint density at radius 3 is 1.20 bits per heavy atom. The van der Waals surface area contributed by atoms with Crippen LogP contribution in [-0.4, -0.2) is 5.97 Å². The van der Waals surface area contributed by atoms with Crippen LogP contribution in [-0.2, 0) is 41.8 Å². The molecule has 2 heterocycles. The molecule has 0 aromatic heterocycles. The molecule has 0 fully saturated rings. The van der Waals surface area contributed by atoms with E-state index in [1.165, 1.54) is 0 Å². The molecule has 1 atom stereocenters. The van der Waals surface area contributed by atoms with E-state index in [-0.39, 0.29) is 38.5 Å². The minimum Gasteiger partial charge on any atom is -0.425 e. The van der Waals surface area contributed by atoms with Crippen LogP contribution in [0.15, 0.2) is 48.5 Å². The first-order valence-electron chi connectivity index (χ1n) is 21.2. The summed E-state index contributed by atoms with van der Waals surface area (Å²) in [6, 6.07) is 16.9. The SMILES string of the molecule is Cc1cc(C2C(=O)Oc3c2cc(C(C)(C)C)cc3C(C)(C)C)cc(C)c1OP1(=O)Oc2c(cc(C(C)(C)C)cc2C(C)(C)C)-c2cc(C(C)(C)C)cc(C(C)(C)C)c2O1. The number of esters is 1. The minimum absolute atomic E-state index is 0.140. The second-order valence-corrected chi connectivity index (χ2v) is 24.7. The molecular weight excluding hydrogens is 752 g/mol. The van der Waals surface area contributed by atoms with Gasteiger partial charge in [-0.25, -0.2) is 0 Å². The Balaban J connectivity index is 1.56. The van der Waals surface area contributed by atoms with Crippen molar-refractivity contribution in [3.05, 3.63) is 104 Å². The summed E-state index contributed by atoms with van der Waals surface area (Å²) in [7, 11) is -4.45. The summed E-state index contributed by atoms with van der Waals surface area (Å²) in [5.74, 6) is 1.10.